The summed E-state index contributed by atoms with van der Waals surface area (Å²) in [5.74, 6) is 0. The lowest BCUT2D eigenvalue weighted by molar-refractivity contribution is 1.26. The summed E-state index contributed by atoms with van der Waals surface area (Å²) in [6.07, 6.45) is 0. The molecule has 0 fully saturated rings. The number of rotatable bonds is 8. The van der Waals surface area contributed by atoms with Crippen LogP contribution in [-0.4, -0.2) is 0 Å². The van der Waals surface area contributed by atoms with Crippen LogP contribution in [0.4, 0.5) is 45.5 Å². The molecule has 0 spiro atoms. The number of hydrogen-bond donors (Lipinski definition) is 1. The lowest BCUT2D eigenvalue weighted by Gasteiger charge is -2.27. The molecular formula is C40H37N3. The van der Waals surface area contributed by atoms with Gasteiger partial charge >= 0.3 is 0 Å². The number of benzene rings is 6. The normalized spacial score (nSPS) is 10.8. The molecule has 0 heterocycles. The van der Waals surface area contributed by atoms with Crippen molar-refractivity contribution in [2.75, 3.05) is 15.1 Å². The molecule has 212 valence electrons. The Balaban J connectivity index is 1.26. The third kappa shape index (κ3) is 6.47. The maximum Gasteiger partial charge on any atom is 0.0464 e. The zero-order valence-electron chi connectivity index (χ0n) is 25.3. The Morgan fingerprint density at radius 1 is 0.326 bits per heavy atom. The van der Waals surface area contributed by atoms with Gasteiger partial charge in [0.05, 0.1) is 0 Å². The Kier molecular flexibility index (Phi) is 7.97. The predicted octanol–water partition coefficient (Wildman–Crippen LogP) is 11.6. The quantitative estimate of drug-likeness (QED) is 0.200. The van der Waals surface area contributed by atoms with Gasteiger partial charge in [0.25, 0.3) is 0 Å². The van der Waals surface area contributed by atoms with Gasteiger partial charge < -0.3 is 15.1 Å². The number of nitrogens with zero attached hydrogens (tertiary/aromatic N) is 2. The van der Waals surface area contributed by atoms with Crippen molar-refractivity contribution >= 4 is 45.5 Å². The lowest BCUT2D eigenvalue weighted by atomic mass is 10.1. The number of anilines is 8. The topological polar surface area (TPSA) is 18.5 Å². The van der Waals surface area contributed by atoms with Gasteiger partial charge in [-0.3, -0.25) is 0 Å². The molecule has 43 heavy (non-hydrogen) atoms. The van der Waals surface area contributed by atoms with Crippen LogP contribution in [0.1, 0.15) is 22.3 Å². The highest BCUT2D eigenvalue weighted by Gasteiger charge is 2.14. The van der Waals surface area contributed by atoms with E-state index in [2.05, 4.69) is 188 Å². The fraction of sp³-hybridized carbons (Fsp3) is 0.100. The van der Waals surface area contributed by atoms with Gasteiger partial charge in [0.15, 0.2) is 0 Å². The maximum absolute atomic E-state index is 3.59. The molecule has 6 rings (SSSR count). The summed E-state index contributed by atoms with van der Waals surface area (Å²) in [6.45, 7) is 8.54. The molecule has 0 aromatic heterocycles. The summed E-state index contributed by atoms with van der Waals surface area (Å²) >= 11 is 0. The zero-order chi connectivity index (χ0) is 29.8. The molecular weight excluding hydrogens is 522 g/mol. The average Bonchev–Trinajstić information content (AvgIpc) is 3.00. The van der Waals surface area contributed by atoms with Crippen molar-refractivity contribution in [2.24, 2.45) is 0 Å². The van der Waals surface area contributed by atoms with Gasteiger partial charge in [-0.2, -0.15) is 0 Å². The fourth-order valence-electron chi connectivity index (χ4n) is 5.52. The molecule has 0 amide bonds. The zero-order valence-corrected chi connectivity index (χ0v) is 25.3. The Hall–Kier alpha value is -5.28. The van der Waals surface area contributed by atoms with Gasteiger partial charge in [-0.1, -0.05) is 48.5 Å². The standard InChI is InChI=1S/C40H37N3/c1-29-9-5-13-37(25-29)42(38-14-6-10-30(2)26-38)35-21-17-33(18-22-35)41-34-19-23-36(24-20-34)43(39-15-7-11-31(3)27-39)40-16-8-12-32(4)28-40/h5-28,41H,1-4H3. The molecule has 0 aliphatic carbocycles. The van der Waals surface area contributed by atoms with Gasteiger partial charge in [0.1, 0.15) is 0 Å². The highest BCUT2D eigenvalue weighted by atomic mass is 15.1. The first-order valence-corrected chi connectivity index (χ1v) is 14.8. The highest BCUT2D eigenvalue weighted by Crippen LogP contribution is 2.38. The first kappa shape index (κ1) is 27.9. The van der Waals surface area contributed by atoms with Crippen LogP contribution in [0.5, 0.6) is 0 Å². The summed E-state index contributed by atoms with van der Waals surface area (Å²) in [6, 6.07) is 51.9. The summed E-state index contributed by atoms with van der Waals surface area (Å²) < 4.78 is 0. The van der Waals surface area contributed by atoms with E-state index in [-0.39, 0.29) is 0 Å². The SMILES string of the molecule is Cc1cccc(N(c2ccc(Nc3ccc(N(c4cccc(C)c4)c4cccc(C)c4)cc3)cc2)c2cccc(C)c2)c1. The van der Waals surface area contributed by atoms with Crippen LogP contribution < -0.4 is 15.1 Å². The van der Waals surface area contributed by atoms with Crippen molar-refractivity contribution in [1.82, 2.24) is 0 Å². The second-order valence-electron chi connectivity index (χ2n) is 11.2. The van der Waals surface area contributed by atoms with Crippen molar-refractivity contribution in [3.05, 3.63) is 168 Å². The molecule has 1 N–H and O–H groups in total. The monoisotopic (exact) mass is 559 g/mol. The van der Waals surface area contributed by atoms with E-state index in [0.29, 0.717) is 0 Å². The molecule has 3 heteroatoms. The molecule has 0 radical (unpaired) electrons. The smallest absolute Gasteiger partial charge is 0.0464 e. The lowest BCUT2D eigenvalue weighted by Crippen LogP contribution is -2.10. The first-order chi connectivity index (χ1) is 20.9. The van der Waals surface area contributed by atoms with Gasteiger partial charge in [0, 0.05) is 45.5 Å². The van der Waals surface area contributed by atoms with Gasteiger partial charge in [-0.15, -0.1) is 0 Å². The van der Waals surface area contributed by atoms with Crippen LogP contribution in [0.2, 0.25) is 0 Å². The molecule has 3 nitrogen and oxygen atoms in total. The molecule has 0 saturated carbocycles. The van der Waals surface area contributed by atoms with Crippen molar-refractivity contribution in [3.8, 4) is 0 Å². The molecule has 0 unspecified atom stereocenters. The van der Waals surface area contributed by atoms with E-state index in [4.69, 9.17) is 0 Å². The van der Waals surface area contributed by atoms with Crippen molar-refractivity contribution < 1.29 is 0 Å². The number of hydrogen-bond acceptors (Lipinski definition) is 3. The summed E-state index contributed by atoms with van der Waals surface area (Å²) in [7, 11) is 0. The Morgan fingerprint density at radius 3 is 0.860 bits per heavy atom. The summed E-state index contributed by atoms with van der Waals surface area (Å²) in [4.78, 5) is 4.62. The van der Waals surface area contributed by atoms with E-state index < -0.39 is 0 Å². The van der Waals surface area contributed by atoms with E-state index in [1.165, 1.54) is 22.3 Å². The Bertz CT molecular complexity index is 1610. The van der Waals surface area contributed by atoms with Crippen molar-refractivity contribution in [1.29, 1.82) is 0 Å². The minimum absolute atomic E-state index is 1.04. The second-order valence-corrected chi connectivity index (χ2v) is 11.2. The molecule has 0 bridgehead atoms. The molecule has 6 aromatic carbocycles. The van der Waals surface area contributed by atoms with Crippen LogP contribution in [-0.2, 0) is 0 Å². The maximum atomic E-state index is 3.59. The summed E-state index contributed by atoms with van der Waals surface area (Å²) in [5, 5.41) is 3.59. The van der Waals surface area contributed by atoms with Gasteiger partial charge in [0.2, 0.25) is 0 Å². The first-order valence-electron chi connectivity index (χ1n) is 14.8. The van der Waals surface area contributed by atoms with Crippen LogP contribution >= 0.6 is 0 Å². The van der Waals surface area contributed by atoms with Gasteiger partial charge in [-0.25, -0.2) is 0 Å². The third-order valence-electron chi connectivity index (χ3n) is 7.58. The minimum Gasteiger partial charge on any atom is -0.356 e. The largest absolute Gasteiger partial charge is 0.356 e. The molecule has 0 saturated heterocycles. The van der Waals surface area contributed by atoms with Crippen LogP contribution in [0, 0.1) is 27.7 Å². The highest BCUT2D eigenvalue weighted by molar-refractivity contribution is 5.80. The van der Waals surface area contributed by atoms with E-state index in [9.17, 15) is 0 Å². The molecule has 0 aliphatic heterocycles. The molecule has 0 atom stereocenters. The van der Waals surface area contributed by atoms with Crippen LogP contribution in [0.25, 0.3) is 0 Å². The second kappa shape index (κ2) is 12.3. The average molecular weight is 560 g/mol. The third-order valence-corrected chi connectivity index (χ3v) is 7.58. The van der Waals surface area contributed by atoms with Crippen molar-refractivity contribution in [3.63, 3.8) is 0 Å². The van der Waals surface area contributed by atoms with Crippen LogP contribution in [0.3, 0.4) is 0 Å². The van der Waals surface area contributed by atoms with Crippen LogP contribution in [0.15, 0.2) is 146 Å². The summed E-state index contributed by atoms with van der Waals surface area (Å²) in [5.41, 5.74) is 13.8. The number of aryl methyl sites for hydroxylation is 4. The van der Waals surface area contributed by atoms with Crippen molar-refractivity contribution in [2.45, 2.75) is 27.7 Å². The molecule has 0 aliphatic rings. The molecule has 6 aromatic rings. The number of nitrogens with one attached hydrogen (secondary N) is 1. The van der Waals surface area contributed by atoms with E-state index in [0.717, 1.165) is 45.5 Å². The van der Waals surface area contributed by atoms with E-state index in [1.54, 1.807) is 0 Å². The Labute approximate surface area is 255 Å². The minimum atomic E-state index is 1.04. The fourth-order valence-corrected chi connectivity index (χ4v) is 5.52. The predicted molar refractivity (Wildman–Crippen MR) is 184 cm³/mol. The van der Waals surface area contributed by atoms with Gasteiger partial charge in [-0.05, 0) is 147 Å². The Morgan fingerprint density at radius 2 is 0.605 bits per heavy atom. The van der Waals surface area contributed by atoms with E-state index >= 15 is 0 Å². The van der Waals surface area contributed by atoms with E-state index in [1.807, 2.05) is 0 Å².